The monoisotopic (exact) mass is 259 g/mol. The maximum absolute atomic E-state index is 11.7. The van der Waals surface area contributed by atoms with Crippen molar-refractivity contribution in [2.75, 3.05) is 23.8 Å². The summed E-state index contributed by atoms with van der Waals surface area (Å²) in [7, 11) is 1.96. The second-order valence-corrected chi connectivity index (χ2v) is 4.38. The molecule has 1 aromatic heterocycles. The Morgan fingerprint density at radius 3 is 2.74 bits per heavy atom. The third-order valence-corrected chi connectivity index (χ3v) is 2.77. The molecule has 1 heterocycles. The van der Waals surface area contributed by atoms with Crippen molar-refractivity contribution in [1.29, 1.82) is 0 Å². The van der Waals surface area contributed by atoms with Gasteiger partial charge in [-0.3, -0.25) is 4.79 Å². The van der Waals surface area contributed by atoms with Crippen LogP contribution in [0.25, 0.3) is 0 Å². The molecule has 0 unspecified atom stereocenters. The van der Waals surface area contributed by atoms with E-state index in [0.29, 0.717) is 24.5 Å². The normalized spacial score (nSPS) is 10.2. The zero-order chi connectivity index (χ0) is 13.7. The van der Waals surface area contributed by atoms with Gasteiger partial charge in [0.2, 0.25) is 5.91 Å². The van der Waals surface area contributed by atoms with E-state index in [-0.39, 0.29) is 5.91 Å². The minimum absolute atomic E-state index is 0.0731. The van der Waals surface area contributed by atoms with Crippen molar-refractivity contribution in [2.45, 2.75) is 13.3 Å². The quantitative estimate of drug-likeness (QED) is 0.896. The maximum atomic E-state index is 11.7. The number of carbonyl (C=O) groups excluding carboxylic acids is 1. The fourth-order valence-corrected chi connectivity index (χ4v) is 1.71. The molecule has 19 heavy (non-hydrogen) atoms. The van der Waals surface area contributed by atoms with Crippen molar-refractivity contribution in [3.63, 3.8) is 0 Å². The van der Waals surface area contributed by atoms with Crippen molar-refractivity contribution in [3.8, 4) is 0 Å². The highest BCUT2D eigenvalue weighted by Crippen LogP contribution is 2.12. The molecule has 5 heteroatoms. The molecule has 2 aromatic rings. The van der Waals surface area contributed by atoms with Crippen LogP contribution >= 0.6 is 0 Å². The van der Waals surface area contributed by atoms with E-state index in [2.05, 4.69) is 10.5 Å². The average molecular weight is 259 g/mol. The number of hydrogen-bond acceptors (Lipinski definition) is 4. The van der Waals surface area contributed by atoms with E-state index in [4.69, 9.17) is 4.52 Å². The lowest BCUT2D eigenvalue weighted by molar-refractivity contribution is -0.116. The van der Waals surface area contributed by atoms with E-state index in [1.54, 1.807) is 13.0 Å². The van der Waals surface area contributed by atoms with Crippen LogP contribution in [-0.4, -0.2) is 24.7 Å². The first-order chi connectivity index (χ1) is 9.15. The highest BCUT2D eigenvalue weighted by molar-refractivity contribution is 5.90. The molecule has 5 nitrogen and oxygen atoms in total. The number of benzene rings is 1. The number of hydrogen-bond donors (Lipinski definition) is 1. The van der Waals surface area contributed by atoms with Gasteiger partial charge in [-0.25, -0.2) is 0 Å². The van der Waals surface area contributed by atoms with E-state index in [1.165, 1.54) is 0 Å². The zero-order valence-electron chi connectivity index (χ0n) is 11.1. The average Bonchev–Trinajstić information content (AvgIpc) is 2.82. The van der Waals surface area contributed by atoms with Crippen molar-refractivity contribution in [2.24, 2.45) is 0 Å². The molecule has 100 valence electrons. The summed E-state index contributed by atoms with van der Waals surface area (Å²) >= 11 is 0. The number of nitrogens with one attached hydrogen (secondary N) is 1. The fourth-order valence-electron chi connectivity index (χ4n) is 1.71. The van der Waals surface area contributed by atoms with Gasteiger partial charge < -0.3 is 14.7 Å². The highest BCUT2D eigenvalue weighted by Gasteiger charge is 2.08. The molecule has 0 saturated carbocycles. The van der Waals surface area contributed by atoms with Crippen molar-refractivity contribution in [3.05, 3.63) is 42.2 Å². The van der Waals surface area contributed by atoms with Crippen molar-refractivity contribution >= 4 is 17.4 Å². The molecule has 0 fully saturated rings. The minimum atomic E-state index is -0.0731. The predicted octanol–water partition coefficient (Wildman–Crippen LogP) is 2.45. The molecule has 2 rings (SSSR count). The number of amides is 1. The lowest BCUT2D eigenvalue weighted by Gasteiger charge is -2.18. The summed E-state index contributed by atoms with van der Waals surface area (Å²) in [5.74, 6) is 1.07. The Kier molecular flexibility index (Phi) is 4.18. The van der Waals surface area contributed by atoms with Crippen molar-refractivity contribution < 1.29 is 9.32 Å². The number of aromatic nitrogens is 1. The Balaban J connectivity index is 1.80. The lowest BCUT2D eigenvalue weighted by atomic mass is 10.3. The van der Waals surface area contributed by atoms with Gasteiger partial charge in [-0.05, 0) is 19.1 Å². The first-order valence-electron chi connectivity index (χ1n) is 6.14. The smallest absolute Gasteiger partial charge is 0.227 e. The third-order valence-electron chi connectivity index (χ3n) is 2.77. The number of para-hydroxylation sites is 1. The van der Waals surface area contributed by atoms with Crippen molar-refractivity contribution in [1.82, 2.24) is 5.16 Å². The standard InChI is InChI=1S/C14H17N3O2/c1-11-10-13(16-19-11)15-14(18)8-9-17(2)12-6-4-3-5-7-12/h3-7,10H,8-9H2,1-2H3,(H,15,16,18). The van der Waals surface area contributed by atoms with E-state index in [0.717, 1.165) is 5.69 Å². The van der Waals surface area contributed by atoms with Gasteiger partial charge in [-0.1, -0.05) is 23.4 Å². The summed E-state index contributed by atoms with van der Waals surface area (Å²) in [5, 5.41) is 6.42. The maximum Gasteiger partial charge on any atom is 0.227 e. The molecule has 0 saturated heterocycles. The Morgan fingerprint density at radius 2 is 2.11 bits per heavy atom. The largest absolute Gasteiger partial charge is 0.374 e. The molecule has 0 aliphatic rings. The Morgan fingerprint density at radius 1 is 1.37 bits per heavy atom. The van der Waals surface area contributed by atoms with Gasteiger partial charge in [-0.2, -0.15) is 0 Å². The van der Waals surface area contributed by atoms with Gasteiger partial charge >= 0.3 is 0 Å². The lowest BCUT2D eigenvalue weighted by Crippen LogP contribution is -2.23. The van der Waals surface area contributed by atoms with Crippen LogP contribution in [0.5, 0.6) is 0 Å². The molecule has 0 aliphatic heterocycles. The number of anilines is 2. The molecule has 1 amide bonds. The molecule has 0 aliphatic carbocycles. The number of rotatable bonds is 5. The molecule has 0 atom stereocenters. The fraction of sp³-hybridized carbons (Fsp3) is 0.286. The van der Waals surface area contributed by atoms with Crippen LogP contribution in [-0.2, 0) is 4.79 Å². The van der Waals surface area contributed by atoms with Crippen LogP contribution in [0.4, 0.5) is 11.5 Å². The number of aryl methyl sites for hydroxylation is 1. The topological polar surface area (TPSA) is 58.4 Å². The van der Waals surface area contributed by atoms with Gasteiger partial charge in [0.15, 0.2) is 5.82 Å². The summed E-state index contributed by atoms with van der Waals surface area (Å²) in [6, 6.07) is 11.6. The van der Waals surface area contributed by atoms with Crippen LogP contribution in [0.15, 0.2) is 40.9 Å². The van der Waals surface area contributed by atoms with Crippen LogP contribution in [0.2, 0.25) is 0 Å². The third kappa shape index (κ3) is 3.84. The number of carbonyl (C=O) groups is 1. The van der Waals surface area contributed by atoms with E-state index in [1.807, 2.05) is 42.3 Å². The first kappa shape index (κ1) is 13.1. The summed E-state index contributed by atoms with van der Waals surface area (Å²) in [6.45, 7) is 2.43. The van der Waals surface area contributed by atoms with Crippen LogP contribution in [0.1, 0.15) is 12.2 Å². The van der Waals surface area contributed by atoms with Crippen LogP contribution in [0, 0.1) is 6.92 Å². The zero-order valence-corrected chi connectivity index (χ0v) is 11.1. The van der Waals surface area contributed by atoms with E-state index < -0.39 is 0 Å². The molecular formula is C14H17N3O2. The van der Waals surface area contributed by atoms with E-state index in [9.17, 15) is 4.79 Å². The number of nitrogens with zero attached hydrogens (tertiary/aromatic N) is 2. The second-order valence-electron chi connectivity index (χ2n) is 4.38. The molecule has 0 bridgehead atoms. The van der Waals surface area contributed by atoms with Gasteiger partial charge in [0.25, 0.3) is 0 Å². The first-order valence-corrected chi connectivity index (χ1v) is 6.14. The second kappa shape index (κ2) is 6.04. The summed E-state index contributed by atoms with van der Waals surface area (Å²) in [6.07, 6.45) is 0.400. The molecule has 1 aromatic carbocycles. The van der Waals surface area contributed by atoms with Gasteiger partial charge in [0, 0.05) is 31.8 Å². The van der Waals surface area contributed by atoms with Crippen LogP contribution in [0.3, 0.4) is 0 Å². The predicted molar refractivity (Wildman–Crippen MR) is 74.2 cm³/mol. The highest BCUT2D eigenvalue weighted by atomic mass is 16.5. The Hall–Kier alpha value is -2.30. The Bertz CT molecular complexity index is 537. The van der Waals surface area contributed by atoms with E-state index >= 15 is 0 Å². The summed E-state index contributed by atoms with van der Waals surface area (Å²) in [5.41, 5.74) is 1.09. The SMILES string of the molecule is Cc1cc(NC(=O)CCN(C)c2ccccc2)no1. The summed E-state index contributed by atoms with van der Waals surface area (Å²) < 4.78 is 4.89. The van der Waals surface area contributed by atoms with Crippen LogP contribution < -0.4 is 10.2 Å². The van der Waals surface area contributed by atoms with Gasteiger partial charge in [0.05, 0.1) is 0 Å². The molecular weight excluding hydrogens is 242 g/mol. The van der Waals surface area contributed by atoms with Gasteiger partial charge in [0.1, 0.15) is 5.76 Å². The summed E-state index contributed by atoms with van der Waals surface area (Å²) in [4.78, 5) is 13.8. The minimum Gasteiger partial charge on any atom is -0.374 e. The molecule has 0 spiro atoms. The van der Waals surface area contributed by atoms with Gasteiger partial charge in [-0.15, -0.1) is 0 Å². The molecule has 0 radical (unpaired) electrons. The Labute approximate surface area is 112 Å². The molecule has 1 N–H and O–H groups in total.